The van der Waals surface area contributed by atoms with Crippen molar-refractivity contribution in [3.05, 3.63) is 54.0 Å². The molecule has 1 unspecified atom stereocenters. The maximum Gasteiger partial charge on any atom is 0.0974 e. The molecule has 0 fully saturated rings. The normalized spacial score (nSPS) is 21.4. The average Bonchev–Trinajstić information content (AvgIpc) is 2.06. The maximum absolute atomic E-state index is 9.45. The smallest absolute Gasteiger partial charge is 0.0974 e. The molecule has 1 aromatic carbocycles. The fourth-order valence-corrected chi connectivity index (χ4v) is 1.30. The van der Waals surface area contributed by atoms with Crippen molar-refractivity contribution in [2.24, 2.45) is 0 Å². The molecule has 1 aliphatic rings. The first-order valence-electron chi connectivity index (χ1n) is 3.66. The molecule has 0 heterocycles. The second-order valence-electron chi connectivity index (χ2n) is 2.63. The number of hydrogen-bond donors (Lipinski definition) is 1. The van der Waals surface area contributed by atoms with Gasteiger partial charge in [0.2, 0.25) is 0 Å². The summed E-state index contributed by atoms with van der Waals surface area (Å²) in [6.45, 7) is 0. The molecule has 0 saturated carbocycles. The Morgan fingerprint density at radius 3 is 2.82 bits per heavy atom. The van der Waals surface area contributed by atoms with Crippen LogP contribution in [0.15, 0.2) is 36.4 Å². The van der Waals surface area contributed by atoms with Gasteiger partial charge in [-0.1, -0.05) is 36.4 Å². The summed E-state index contributed by atoms with van der Waals surface area (Å²) in [5, 5.41) is 9.45. The molecule has 11 heavy (non-hydrogen) atoms. The Morgan fingerprint density at radius 1 is 1.18 bits per heavy atom. The van der Waals surface area contributed by atoms with Crippen molar-refractivity contribution < 1.29 is 5.11 Å². The van der Waals surface area contributed by atoms with Gasteiger partial charge < -0.3 is 5.11 Å². The summed E-state index contributed by atoms with van der Waals surface area (Å²) >= 11 is 0. The van der Waals surface area contributed by atoms with Gasteiger partial charge in [-0.05, 0) is 11.1 Å². The van der Waals surface area contributed by atoms with E-state index in [1.54, 1.807) is 6.08 Å². The zero-order valence-corrected chi connectivity index (χ0v) is 6.07. The SMILES string of the molecule is OC1C=C[CH]c2ccccc21. The van der Waals surface area contributed by atoms with Gasteiger partial charge in [0.05, 0.1) is 6.10 Å². The molecular formula is C10H9O. The van der Waals surface area contributed by atoms with Gasteiger partial charge in [0.1, 0.15) is 0 Å². The fourth-order valence-electron chi connectivity index (χ4n) is 1.30. The van der Waals surface area contributed by atoms with E-state index in [1.165, 1.54) is 0 Å². The Hall–Kier alpha value is -1.08. The summed E-state index contributed by atoms with van der Waals surface area (Å²) < 4.78 is 0. The van der Waals surface area contributed by atoms with Crippen LogP contribution in [-0.4, -0.2) is 5.11 Å². The molecule has 0 saturated heterocycles. The number of aliphatic hydroxyl groups is 1. The molecule has 1 N–H and O–H groups in total. The van der Waals surface area contributed by atoms with E-state index in [4.69, 9.17) is 0 Å². The van der Waals surface area contributed by atoms with Gasteiger partial charge >= 0.3 is 0 Å². The molecule has 1 heteroatoms. The highest BCUT2D eigenvalue weighted by Gasteiger charge is 2.11. The Kier molecular flexibility index (Phi) is 1.51. The molecule has 1 aromatic rings. The lowest BCUT2D eigenvalue weighted by atomic mass is 9.95. The summed E-state index contributed by atoms with van der Waals surface area (Å²) in [6, 6.07) is 7.86. The van der Waals surface area contributed by atoms with E-state index >= 15 is 0 Å². The number of fused-ring (bicyclic) bond motifs is 1. The minimum Gasteiger partial charge on any atom is -0.384 e. The number of hydrogen-bond acceptors (Lipinski definition) is 1. The lowest BCUT2D eigenvalue weighted by Gasteiger charge is -2.14. The number of allylic oxidation sites excluding steroid dienone is 1. The van der Waals surface area contributed by atoms with Gasteiger partial charge in [0, 0.05) is 6.42 Å². The van der Waals surface area contributed by atoms with Crippen molar-refractivity contribution in [2.75, 3.05) is 0 Å². The van der Waals surface area contributed by atoms with E-state index < -0.39 is 6.10 Å². The Balaban J connectivity index is 2.50. The first-order chi connectivity index (χ1) is 5.38. The van der Waals surface area contributed by atoms with Crippen LogP contribution in [0, 0.1) is 6.42 Å². The van der Waals surface area contributed by atoms with E-state index in [2.05, 4.69) is 0 Å². The molecule has 0 amide bonds. The van der Waals surface area contributed by atoms with Crippen molar-refractivity contribution in [1.82, 2.24) is 0 Å². The molecule has 1 nitrogen and oxygen atoms in total. The molecule has 0 spiro atoms. The predicted molar refractivity (Wildman–Crippen MR) is 43.9 cm³/mol. The molecule has 2 rings (SSSR count). The van der Waals surface area contributed by atoms with Crippen LogP contribution in [0.25, 0.3) is 0 Å². The summed E-state index contributed by atoms with van der Waals surface area (Å²) in [5.74, 6) is 0. The topological polar surface area (TPSA) is 20.2 Å². The van der Waals surface area contributed by atoms with Crippen molar-refractivity contribution in [2.45, 2.75) is 6.10 Å². The van der Waals surface area contributed by atoms with Gasteiger partial charge in [0.15, 0.2) is 0 Å². The Labute approximate surface area is 66.0 Å². The molecule has 1 atom stereocenters. The summed E-state index contributed by atoms with van der Waals surface area (Å²) in [4.78, 5) is 0. The summed E-state index contributed by atoms with van der Waals surface area (Å²) in [7, 11) is 0. The van der Waals surface area contributed by atoms with Crippen LogP contribution < -0.4 is 0 Å². The monoisotopic (exact) mass is 145 g/mol. The van der Waals surface area contributed by atoms with Crippen LogP contribution >= 0.6 is 0 Å². The minimum atomic E-state index is -0.420. The zero-order valence-electron chi connectivity index (χ0n) is 6.07. The van der Waals surface area contributed by atoms with Crippen molar-refractivity contribution in [3.8, 4) is 0 Å². The molecular weight excluding hydrogens is 136 g/mol. The van der Waals surface area contributed by atoms with Crippen LogP contribution in [0.4, 0.5) is 0 Å². The molecule has 55 valence electrons. The first-order valence-corrected chi connectivity index (χ1v) is 3.66. The number of aliphatic hydroxyl groups excluding tert-OH is 1. The Morgan fingerprint density at radius 2 is 2.00 bits per heavy atom. The lowest BCUT2D eigenvalue weighted by molar-refractivity contribution is 0.226. The minimum absolute atomic E-state index is 0.420. The van der Waals surface area contributed by atoms with Gasteiger partial charge in [-0.15, -0.1) is 0 Å². The highest BCUT2D eigenvalue weighted by molar-refractivity contribution is 5.42. The molecule has 1 radical (unpaired) electrons. The Bertz CT molecular complexity index is 289. The largest absolute Gasteiger partial charge is 0.384 e. The third-order valence-corrected chi connectivity index (χ3v) is 1.88. The van der Waals surface area contributed by atoms with E-state index in [9.17, 15) is 5.11 Å². The highest BCUT2D eigenvalue weighted by Crippen LogP contribution is 2.24. The summed E-state index contributed by atoms with van der Waals surface area (Å²) in [5.41, 5.74) is 2.11. The van der Waals surface area contributed by atoms with Crippen LogP contribution in [0.3, 0.4) is 0 Å². The van der Waals surface area contributed by atoms with Crippen molar-refractivity contribution >= 4 is 0 Å². The first kappa shape index (κ1) is 6.62. The molecule has 0 aromatic heterocycles. The fraction of sp³-hybridized carbons (Fsp3) is 0.100. The molecule has 0 aliphatic heterocycles. The third-order valence-electron chi connectivity index (χ3n) is 1.88. The van der Waals surface area contributed by atoms with E-state index in [-0.39, 0.29) is 0 Å². The summed E-state index contributed by atoms with van der Waals surface area (Å²) in [6.07, 6.45) is 5.24. The number of benzene rings is 1. The third kappa shape index (κ3) is 1.08. The second kappa shape index (κ2) is 2.51. The zero-order chi connectivity index (χ0) is 7.68. The molecule has 0 bridgehead atoms. The number of rotatable bonds is 0. The average molecular weight is 145 g/mol. The maximum atomic E-state index is 9.45. The van der Waals surface area contributed by atoms with Gasteiger partial charge in [-0.3, -0.25) is 0 Å². The van der Waals surface area contributed by atoms with Crippen LogP contribution in [-0.2, 0) is 0 Å². The van der Waals surface area contributed by atoms with Crippen molar-refractivity contribution in [1.29, 1.82) is 0 Å². The van der Waals surface area contributed by atoms with E-state index in [0.29, 0.717) is 0 Å². The standard InChI is InChI=1S/C10H9O/c11-10-7-3-5-8-4-1-2-6-9(8)10/h1-7,10-11H. The van der Waals surface area contributed by atoms with E-state index in [0.717, 1.165) is 11.1 Å². The van der Waals surface area contributed by atoms with Crippen LogP contribution in [0.2, 0.25) is 0 Å². The highest BCUT2D eigenvalue weighted by atomic mass is 16.3. The predicted octanol–water partition coefficient (Wildman–Crippen LogP) is 1.84. The van der Waals surface area contributed by atoms with Gasteiger partial charge in [0.25, 0.3) is 0 Å². The van der Waals surface area contributed by atoms with Crippen molar-refractivity contribution in [3.63, 3.8) is 0 Å². The van der Waals surface area contributed by atoms with Gasteiger partial charge in [-0.2, -0.15) is 0 Å². The molecule has 1 aliphatic carbocycles. The van der Waals surface area contributed by atoms with E-state index in [1.807, 2.05) is 36.8 Å². The second-order valence-corrected chi connectivity index (χ2v) is 2.63. The quantitative estimate of drug-likeness (QED) is 0.590. The lowest BCUT2D eigenvalue weighted by Crippen LogP contribution is -2.01. The van der Waals surface area contributed by atoms with Gasteiger partial charge in [-0.25, -0.2) is 0 Å². The van der Waals surface area contributed by atoms with Crippen LogP contribution in [0.1, 0.15) is 17.2 Å². The van der Waals surface area contributed by atoms with Crippen LogP contribution in [0.5, 0.6) is 0 Å².